The molecule has 1 aromatic heterocycles. The van der Waals surface area contributed by atoms with Crippen LogP contribution < -0.4 is 22.1 Å². The van der Waals surface area contributed by atoms with Gasteiger partial charge in [-0.3, -0.25) is 14.8 Å². The summed E-state index contributed by atoms with van der Waals surface area (Å²) < 4.78 is 1.54. The zero-order valence-electron chi connectivity index (χ0n) is 18.7. The van der Waals surface area contributed by atoms with Crippen LogP contribution in [-0.2, 0) is 12.8 Å². The second-order valence-corrected chi connectivity index (χ2v) is 9.04. The number of hydrogen-bond donors (Lipinski definition) is 3. The Morgan fingerprint density at radius 3 is 2.70 bits per heavy atom. The van der Waals surface area contributed by atoms with Crippen LogP contribution in [0.2, 0.25) is 0 Å². The molecule has 2 aliphatic heterocycles. The second kappa shape index (κ2) is 10.2. The molecule has 9 nitrogen and oxygen atoms in total. The Labute approximate surface area is 199 Å². The number of aryl methyl sites for hydroxylation is 1. The lowest BCUT2D eigenvalue weighted by Gasteiger charge is -2.45. The number of nitrogens with zero attached hydrogens (tertiary/aromatic N) is 4. The Bertz CT molecular complexity index is 1050. The molecule has 10 heteroatoms. The number of piperazine rings is 1. The Morgan fingerprint density at radius 2 is 1.97 bits per heavy atom. The smallest absolute Gasteiger partial charge is 0.330 e. The van der Waals surface area contributed by atoms with Crippen LogP contribution in [0.15, 0.2) is 35.3 Å². The van der Waals surface area contributed by atoms with Crippen molar-refractivity contribution in [1.82, 2.24) is 24.7 Å². The van der Waals surface area contributed by atoms with Gasteiger partial charge in [0.15, 0.2) is 0 Å². The van der Waals surface area contributed by atoms with E-state index in [0.717, 1.165) is 51.3 Å². The molecule has 1 unspecified atom stereocenters. The molecule has 178 valence electrons. The summed E-state index contributed by atoms with van der Waals surface area (Å²) in [5.41, 5.74) is 8.86. The van der Waals surface area contributed by atoms with Crippen molar-refractivity contribution in [3.8, 4) is 5.69 Å². The third-order valence-electron chi connectivity index (χ3n) is 6.95. The summed E-state index contributed by atoms with van der Waals surface area (Å²) in [5, 5.41) is 5.95. The number of fused-ring (bicyclic) bond motifs is 1. The molecule has 0 radical (unpaired) electrons. The number of amides is 2. The summed E-state index contributed by atoms with van der Waals surface area (Å²) in [7, 11) is 0. The van der Waals surface area contributed by atoms with Gasteiger partial charge in [-0.15, -0.1) is 12.4 Å². The average molecular weight is 474 g/mol. The number of rotatable bonds is 4. The molecule has 0 spiro atoms. The highest BCUT2D eigenvalue weighted by Crippen LogP contribution is 2.30. The molecule has 33 heavy (non-hydrogen) atoms. The highest BCUT2D eigenvalue weighted by molar-refractivity contribution is 5.88. The fourth-order valence-electron chi connectivity index (χ4n) is 4.97. The van der Waals surface area contributed by atoms with E-state index < -0.39 is 5.69 Å². The zero-order chi connectivity index (χ0) is 22.1. The number of hydrogen-bond acceptors (Lipinski definition) is 6. The number of halogens is 1. The maximum atomic E-state index is 12.7. The van der Waals surface area contributed by atoms with Crippen LogP contribution in [0.4, 0.5) is 10.6 Å². The first kappa shape index (κ1) is 23.7. The van der Waals surface area contributed by atoms with Gasteiger partial charge in [-0.1, -0.05) is 6.07 Å². The molecule has 3 aliphatic rings. The lowest BCUT2D eigenvalue weighted by atomic mass is 9.84. The highest BCUT2D eigenvalue weighted by Gasteiger charge is 2.33. The largest absolute Gasteiger partial charge is 0.354 e. The number of aromatic nitrogens is 2. The van der Waals surface area contributed by atoms with Gasteiger partial charge in [-0.05, 0) is 61.1 Å². The van der Waals surface area contributed by atoms with Crippen LogP contribution in [0.1, 0.15) is 17.5 Å². The van der Waals surface area contributed by atoms with E-state index in [1.165, 1.54) is 17.5 Å². The van der Waals surface area contributed by atoms with E-state index in [9.17, 15) is 9.59 Å². The first-order valence-electron chi connectivity index (χ1n) is 11.5. The van der Waals surface area contributed by atoms with Crippen LogP contribution in [0.3, 0.4) is 0 Å². The molecule has 2 amide bonds. The topological polar surface area (TPSA) is 109 Å². The van der Waals surface area contributed by atoms with Gasteiger partial charge in [0.25, 0.3) is 0 Å². The van der Waals surface area contributed by atoms with Gasteiger partial charge in [-0.25, -0.2) is 9.59 Å². The number of carbonyl (C=O) groups is 1. The molecular weight excluding hydrogens is 442 g/mol. The molecule has 1 atom stereocenters. The molecule has 2 saturated heterocycles. The summed E-state index contributed by atoms with van der Waals surface area (Å²) in [5.74, 6) is 0.915. The van der Waals surface area contributed by atoms with E-state index in [1.807, 2.05) is 6.07 Å². The third kappa shape index (κ3) is 5.06. The van der Waals surface area contributed by atoms with Crippen molar-refractivity contribution in [2.24, 2.45) is 11.7 Å². The van der Waals surface area contributed by atoms with Crippen molar-refractivity contribution in [2.75, 3.05) is 51.1 Å². The number of benzene rings is 1. The first-order valence-corrected chi connectivity index (χ1v) is 11.5. The number of urea groups is 1. The highest BCUT2D eigenvalue weighted by atomic mass is 35.5. The van der Waals surface area contributed by atoms with Crippen LogP contribution >= 0.6 is 12.4 Å². The van der Waals surface area contributed by atoms with E-state index in [0.29, 0.717) is 25.0 Å². The molecule has 5 rings (SSSR count). The van der Waals surface area contributed by atoms with Gasteiger partial charge in [0, 0.05) is 51.5 Å². The van der Waals surface area contributed by atoms with Gasteiger partial charge >= 0.3 is 11.7 Å². The molecule has 1 aliphatic carbocycles. The van der Waals surface area contributed by atoms with Crippen LogP contribution in [-0.4, -0.2) is 77.2 Å². The molecule has 0 bridgehead atoms. The summed E-state index contributed by atoms with van der Waals surface area (Å²) in [6.07, 6.45) is 4.92. The summed E-state index contributed by atoms with van der Waals surface area (Å²) in [6.45, 7) is 5.79. The van der Waals surface area contributed by atoms with Gasteiger partial charge in [0.2, 0.25) is 0 Å². The SMILES string of the molecule is Cl.NCC1CN(C2CCc3ccc(-n4ccc(NC(=O)N5CCNCC5)nc4=O)cc3C2)C1. The quantitative estimate of drug-likeness (QED) is 0.607. The number of anilines is 1. The monoisotopic (exact) mass is 473 g/mol. The molecule has 3 heterocycles. The Balaban J connectivity index is 0.00000259. The lowest BCUT2D eigenvalue weighted by Crippen LogP contribution is -2.55. The average Bonchev–Trinajstić information content (AvgIpc) is 2.78. The molecule has 2 fully saturated rings. The van der Waals surface area contributed by atoms with Crippen molar-refractivity contribution >= 4 is 24.3 Å². The van der Waals surface area contributed by atoms with E-state index in [-0.39, 0.29) is 24.3 Å². The normalized spacial score (nSPS) is 21.0. The van der Waals surface area contributed by atoms with Crippen molar-refractivity contribution in [2.45, 2.75) is 25.3 Å². The Kier molecular flexibility index (Phi) is 7.33. The van der Waals surface area contributed by atoms with E-state index in [1.54, 1.807) is 21.7 Å². The van der Waals surface area contributed by atoms with E-state index in [2.05, 4.69) is 32.7 Å². The molecule has 4 N–H and O–H groups in total. The number of likely N-dealkylation sites (tertiary alicyclic amines) is 1. The lowest BCUT2D eigenvalue weighted by molar-refractivity contribution is 0.0504. The predicted molar refractivity (Wildman–Crippen MR) is 130 cm³/mol. The van der Waals surface area contributed by atoms with Crippen LogP contribution in [0.5, 0.6) is 0 Å². The predicted octanol–water partition coefficient (Wildman–Crippen LogP) is 0.839. The minimum absolute atomic E-state index is 0. The molecule has 1 aromatic carbocycles. The maximum absolute atomic E-state index is 12.7. The maximum Gasteiger partial charge on any atom is 0.354 e. The Morgan fingerprint density at radius 1 is 1.18 bits per heavy atom. The number of nitrogens with two attached hydrogens (primary N) is 1. The second-order valence-electron chi connectivity index (χ2n) is 9.04. The minimum atomic E-state index is -0.399. The fraction of sp³-hybridized carbons (Fsp3) is 0.522. The van der Waals surface area contributed by atoms with Gasteiger partial charge in [0.05, 0.1) is 5.69 Å². The van der Waals surface area contributed by atoms with E-state index >= 15 is 0 Å². The standard InChI is InChI=1S/C23H31N7O2.ClH/c24-13-16-14-29(15-16)19-3-1-17-2-4-20(12-18(17)11-19)30-8-5-21(27-23(30)32)26-22(31)28-9-6-25-7-10-28;/h2,4-5,8,12,16,19,25H,1,3,6-7,9-11,13-15,24H2,(H,26,27,31,32);1H. The Hall–Kier alpha value is -2.46. The van der Waals surface area contributed by atoms with Crippen molar-refractivity contribution in [3.05, 3.63) is 52.1 Å². The summed E-state index contributed by atoms with van der Waals surface area (Å²) in [6, 6.07) is 8.24. The van der Waals surface area contributed by atoms with E-state index in [4.69, 9.17) is 5.73 Å². The molecule has 2 aromatic rings. The van der Waals surface area contributed by atoms with Gasteiger partial charge in [0.1, 0.15) is 5.82 Å². The molecule has 0 saturated carbocycles. The van der Waals surface area contributed by atoms with Crippen molar-refractivity contribution in [1.29, 1.82) is 0 Å². The first-order chi connectivity index (χ1) is 15.6. The summed E-state index contributed by atoms with van der Waals surface area (Å²) >= 11 is 0. The van der Waals surface area contributed by atoms with Gasteiger partial charge < -0.3 is 16.0 Å². The zero-order valence-corrected chi connectivity index (χ0v) is 19.5. The number of nitrogens with one attached hydrogen (secondary N) is 2. The van der Waals surface area contributed by atoms with Crippen LogP contribution in [0, 0.1) is 5.92 Å². The fourth-order valence-corrected chi connectivity index (χ4v) is 4.97. The summed E-state index contributed by atoms with van der Waals surface area (Å²) in [4.78, 5) is 33.4. The third-order valence-corrected chi connectivity index (χ3v) is 6.95. The molecular formula is C23H32ClN7O2. The number of carbonyl (C=O) groups excluding carboxylic acids is 1. The van der Waals surface area contributed by atoms with Crippen molar-refractivity contribution in [3.63, 3.8) is 0 Å². The van der Waals surface area contributed by atoms with Crippen molar-refractivity contribution < 1.29 is 4.79 Å². The van der Waals surface area contributed by atoms with Gasteiger partial charge in [-0.2, -0.15) is 4.98 Å². The minimum Gasteiger partial charge on any atom is -0.330 e. The van der Waals surface area contributed by atoms with Crippen LogP contribution in [0.25, 0.3) is 5.69 Å².